The molecule has 25 heavy (non-hydrogen) atoms. The molecule has 0 unspecified atom stereocenters. The predicted molar refractivity (Wildman–Crippen MR) is 97.0 cm³/mol. The first-order valence-electron chi connectivity index (χ1n) is 8.05. The van der Waals surface area contributed by atoms with E-state index in [4.69, 9.17) is 4.74 Å². The monoisotopic (exact) mass is 335 g/mol. The van der Waals surface area contributed by atoms with Gasteiger partial charge in [-0.15, -0.1) is 0 Å². The van der Waals surface area contributed by atoms with Gasteiger partial charge in [0.2, 0.25) is 5.91 Å². The Balaban J connectivity index is 1.58. The van der Waals surface area contributed by atoms with Gasteiger partial charge in [-0.1, -0.05) is 54.6 Å². The number of nitrogens with one attached hydrogen (secondary N) is 1. The van der Waals surface area contributed by atoms with Crippen molar-refractivity contribution in [3.8, 4) is 16.9 Å². The largest absolute Gasteiger partial charge is 0.492 e. The van der Waals surface area contributed by atoms with Gasteiger partial charge < -0.3 is 10.1 Å². The van der Waals surface area contributed by atoms with Crippen molar-refractivity contribution in [2.75, 3.05) is 11.9 Å². The van der Waals surface area contributed by atoms with E-state index in [1.54, 1.807) is 12.1 Å². The summed E-state index contributed by atoms with van der Waals surface area (Å²) in [5.41, 5.74) is 2.48. The van der Waals surface area contributed by atoms with Crippen LogP contribution in [-0.4, -0.2) is 12.5 Å². The maximum Gasteiger partial charge on any atom is 0.227 e. The smallest absolute Gasteiger partial charge is 0.227 e. The molecule has 1 amide bonds. The number of hydrogen-bond acceptors (Lipinski definition) is 2. The van der Waals surface area contributed by atoms with E-state index in [9.17, 15) is 9.18 Å². The molecule has 0 radical (unpaired) electrons. The molecule has 0 fully saturated rings. The summed E-state index contributed by atoms with van der Waals surface area (Å²) in [5.74, 6) is 0.126. The number of amides is 1. The number of anilines is 1. The standard InChI is InChI=1S/C21H18FNO2/c22-17-9-6-10-18(15-17)23-21(24)13-14-25-20-12-5-4-11-19(20)16-7-2-1-3-8-16/h1-12,15H,13-14H2,(H,23,24). The van der Waals surface area contributed by atoms with Crippen LogP contribution in [0, 0.1) is 5.82 Å². The van der Waals surface area contributed by atoms with Gasteiger partial charge in [0, 0.05) is 11.3 Å². The third kappa shape index (κ3) is 4.67. The molecular weight excluding hydrogens is 317 g/mol. The van der Waals surface area contributed by atoms with Gasteiger partial charge in [0.25, 0.3) is 0 Å². The maximum absolute atomic E-state index is 13.1. The number of benzene rings is 3. The molecule has 0 spiro atoms. The van der Waals surface area contributed by atoms with Crippen LogP contribution >= 0.6 is 0 Å². The molecular formula is C21H18FNO2. The Morgan fingerprint density at radius 1 is 0.920 bits per heavy atom. The lowest BCUT2D eigenvalue weighted by Gasteiger charge is -2.12. The van der Waals surface area contributed by atoms with Crippen LogP contribution in [0.2, 0.25) is 0 Å². The molecule has 3 aromatic rings. The van der Waals surface area contributed by atoms with Crippen molar-refractivity contribution >= 4 is 11.6 Å². The van der Waals surface area contributed by atoms with E-state index in [1.807, 2.05) is 54.6 Å². The molecule has 3 rings (SSSR count). The number of rotatable bonds is 6. The molecule has 0 aliphatic heterocycles. The summed E-state index contributed by atoms with van der Waals surface area (Å²) in [6, 6.07) is 23.5. The first-order valence-corrected chi connectivity index (χ1v) is 8.05. The maximum atomic E-state index is 13.1. The Labute approximate surface area is 146 Å². The topological polar surface area (TPSA) is 38.3 Å². The summed E-state index contributed by atoms with van der Waals surface area (Å²) in [7, 11) is 0. The van der Waals surface area contributed by atoms with Crippen molar-refractivity contribution in [2.24, 2.45) is 0 Å². The third-order valence-electron chi connectivity index (χ3n) is 3.67. The zero-order valence-electron chi connectivity index (χ0n) is 13.6. The van der Waals surface area contributed by atoms with Crippen molar-refractivity contribution in [2.45, 2.75) is 6.42 Å². The van der Waals surface area contributed by atoms with Crippen LogP contribution in [-0.2, 0) is 4.79 Å². The zero-order chi connectivity index (χ0) is 17.5. The van der Waals surface area contributed by atoms with Crippen LogP contribution in [0.3, 0.4) is 0 Å². The molecule has 0 atom stereocenters. The van der Waals surface area contributed by atoms with Gasteiger partial charge in [-0.05, 0) is 29.8 Å². The van der Waals surface area contributed by atoms with Gasteiger partial charge in [0.15, 0.2) is 0 Å². The normalized spacial score (nSPS) is 10.3. The lowest BCUT2D eigenvalue weighted by atomic mass is 10.1. The van der Waals surface area contributed by atoms with Gasteiger partial charge in [-0.25, -0.2) is 4.39 Å². The molecule has 126 valence electrons. The van der Waals surface area contributed by atoms with Gasteiger partial charge in [0.05, 0.1) is 13.0 Å². The fraction of sp³-hybridized carbons (Fsp3) is 0.0952. The van der Waals surface area contributed by atoms with Crippen molar-refractivity contribution < 1.29 is 13.9 Å². The second-order valence-corrected chi connectivity index (χ2v) is 5.52. The van der Waals surface area contributed by atoms with E-state index in [-0.39, 0.29) is 24.8 Å². The number of carbonyl (C=O) groups is 1. The SMILES string of the molecule is O=C(CCOc1ccccc1-c1ccccc1)Nc1cccc(F)c1. The van der Waals surface area contributed by atoms with E-state index in [2.05, 4.69) is 5.32 Å². The zero-order valence-corrected chi connectivity index (χ0v) is 13.6. The Morgan fingerprint density at radius 3 is 2.48 bits per heavy atom. The molecule has 4 heteroatoms. The molecule has 0 bridgehead atoms. The molecule has 3 aromatic carbocycles. The number of carbonyl (C=O) groups excluding carboxylic acids is 1. The average molecular weight is 335 g/mol. The second-order valence-electron chi connectivity index (χ2n) is 5.52. The summed E-state index contributed by atoms with van der Waals surface area (Å²) in [4.78, 5) is 12.0. The van der Waals surface area contributed by atoms with Gasteiger partial charge in [-0.3, -0.25) is 4.79 Å². The minimum Gasteiger partial charge on any atom is -0.492 e. The van der Waals surface area contributed by atoms with Gasteiger partial charge >= 0.3 is 0 Å². The second kappa shape index (κ2) is 8.11. The summed E-state index contributed by atoms with van der Waals surface area (Å²) in [5, 5.41) is 2.66. The van der Waals surface area contributed by atoms with E-state index >= 15 is 0 Å². The molecule has 0 saturated heterocycles. The molecule has 0 aliphatic rings. The van der Waals surface area contributed by atoms with Crippen LogP contribution in [0.4, 0.5) is 10.1 Å². The number of hydrogen-bond donors (Lipinski definition) is 1. The molecule has 3 nitrogen and oxygen atoms in total. The number of para-hydroxylation sites is 1. The van der Waals surface area contributed by atoms with Crippen LogP contribution in [0.5, 0.6) is 5.75 Å². The average Bonchev–Trinajstić information content (AvgIpc) is 2.63. The minimum absolute atomic E-state index is 0.180. The summed E-state index contributed by atoms with van der Waals surface area (Å²) in [6.07, 6.45) is 0.180. The van der Waals surface area contributed by atoms with Crippen molar-refractivity contribution in [3.63, 3.8) is 0 Å². The van der Waals surface area contributed by atoms with Crippen molar-refractivity contribution in [1.82, 2.24) is 0 Å². The van der Waals surface area contributed by atoms with Crippen molar-refractivity contribution in [3.05, 3.63) is 84.7 Å². The summed E-state index contributed by atoms with van der Waals surface area (Å²) in [6.45, 7) is 0.241. The highest BCUT2D eigenvalue weighted by Crippen LogP contribution is 2.29. The van der Waals surface area contributed by atoms with Crippen molar-refractivity contribution in [1.29, 1.82) is 0 Å². The number of halogens is 1. The number of ether oxygens (including phenoxy) is 1. The Hall–Kier alpha value is -3.14. The predicted octanol–water partition coefficient (Wildman–Crippen LogP) is 4.90. The molecule has 0 aromatic heterocycles. The first kappa shape index (κ1) is 16.7. The Morgan fingerprint density at radius 2 is 1.68 bits per heavy atom. The quantitative estimate of drug-likeness (QED) is 0.696. The lowest BCUT2D eigenvalue weighted by molar-refractivity contribution is -0.116. The highest BCUT2D eigenvalue weighted by Gasteiger charge is 2.07. The minimum atomic E-state index is -0.383. The summed E-state index contributed by atoms with van der Waals surface area (Å²) >= 11 is 0. The third-order valence-corrected chi connectivity index (χ3v) is 3.67. The fourth-order valence-corrected chi connectivity index (χ4v) is 2.49. The summed E-state index contributed by atoms with van der Waals surface area (Å²) < 4.78 is 18.9. The van der Waals surface area contributed by atoms with Crippen LogP contribution < -0.4 is 10.1 Å². The fourth-order valence-electron chi connectivity index (χ4n) is 2.49. The van der Waals surface area contributed by atoms with E-state index in [0.29, 0.717) is 5.69 Å². The first-order chi connectivity index (χ1) is 12.2. The molecule has 1 N–H and O–H groups in total. The highest BCUT2D eigenvalue weighted by molar-refractivity contribution is 5.90. The van der Waals surface area contributed by atoms with Crippen LogP contribution in [0.25, 0.3) is 11.1 Å². The Kier molecular flexibility index (Phi) is 5.42. The lowest BCUT2D eigenvalue weighted by Crippen LogP contribution is -2.15. The van der Waals surface area contributed by atoms with Crippen LogP contribution in [0.15, 0.2) is 78.9 Å². The van der Waals surface area contributed by atoms with Crippen LogP contribution in [0.1, 0.15) is 6.42 Å². The molecule has 0 saturated carbocycles. The molecule has 0 aliphatic carbocycles. The van der Waals surface area contributed by atoms with E-state index in [0.717, 1.165) is 16.9 Å². The molecule has 0 heterocycles. The van der Waals surface area contributed by atoms with E-state index < -0.39 is 0 Å². The van der Waals surface area contributed by atoms with E-state index in [1.165, 1.54) is 12.1 Å². The highest BCUT2D eigenvalue weighted by atomic mass is 19.1. The Bertz CT molecular complexity index is 849. The van der Waals surface area contributed by atoms with Gasteiger partial charge in [0.1, 0.15) is 11.6 Å². The van der Waals surface area contributed by atoms with Gasteiger partial charge in [-0.2, -0.15) is 0 Å².